The van der Waals surface area contributed by atoms with E-state index in [0.29, 0.717) is 5.92 Å². The number of ether oxygens (including phenoxy) is 1. The van der Waals surface area contributed by atoms with Crippen LogP contribution in [0, 0.1) is 17.8 Å². The van der Waals surface area contributed by atoms with Crippen LogP contribution in [0.5, 0.6) is 0 Å². The maximum Gasteiger partial charge on any atom is 0.0908 e. The molecule has 82 valence electrons. The van der Waals surface area contributed by atoms with Crippen LogP contribution in [0.3, 0.4) is 0 Å². The molecule has 0 heterocycles. The minimum atomic E-state index is -0.630. The molecule has 0 aromatic carbocycles. The van der Waals surface area contributed by atoms with Gasteiger partial charge < -0.3 is 9.84 Å². The Morgan fingerprint density at radius 2 is 2.07 bits per heavy atom. The van der Waals surface area contributed by atoms with Crippen molar-refractivity contribution < 1.29 is 9.84 Å². The van der Waals surface area contributed by atoms with Crippen LogP contribution in [-0.2, 0) is 4.74 Å². The number of rotatable bonds is 3. The fourth-order valence-corrected chi connectivity index (χ4v) is 3.50. The molecule has 2 nitrogen and oxygen atoms in total. The van der Waals surface area contributed by atoms with E-state index in [9.17, 15) is 5.11 Å². The highest BCUT2D eigenvalue weighted by atomic mass is 16.5. The van der Waals surface area contributed by atoms with Gasteiger partial charge in [-0.25, -0.2) is 0 Å². The first-order chi connectivity index (χ1) is 6.55. The molecule has 2 aliphatic rings. The largest absolute Gasteiger partial charge is 0.387 e. The summed E-state index contributed by atoms with van der Waals surface area (Å²) < 4.78 is 5.29. The molecule has 5 unspecified atom stereocenters. The molecule has 2 aliphatic carbocycles. The predicted molar refractivity (Wildman–Crippen MR) is 56.0 cm³/mol. The van der Waals surface area contributed by atoms with E-state index in [2.05, 4.69) is 0 Å². The fourth-order valence-electron chi connectivity index (χ4n) is 3.50. The number of aliphatic hydroxyl groups is 1. The molecular weight excluding hydrogens is 176 g/mol. The van der Waals surface area contributed by atoms with E-state index in [1.807, 2.05) is 13.8 Å². The summed E-state index contributed by atoms with van der Waals surface area (Å²) in [7, 11) is 1.69. The van der Waals surface area contributed by atoms with Crippen molar-refractivity contribution in [1.29, 1.82) is 0 Å². The van der Waals surface area contributed by atoms with Crippen molar-refractivity contribution in [2.24, 2.45) is 17.8 Å². The van der Waals surface area contributed by atoms with Gasteiger partial charge in [-0.1, -0.05) is 6.42 Å². The van der Waals surface area contributed by atoms with E-state index >= 15 is 0 Å². The monoisotopic (exact) mass is 198 g/mol. The molecule has 2 saturated carbocycles. The van der Waals surface area contributed by atoms with Gasteiger partial charge in [-0.15, -0.1) is 0 Å². The van der Waals surface area contributed by atoms with Crippen LogP contribution < -0.4 is 0 Å². The summed E-state index contributed by atoms with van der Waals surface area (Å²) in [4.78, 5) is 0. The van der Waals surface area contributed by atoms with Crippen LogP contribution in [0.4, 0.5) is 0 Å². The molecule has 2 fully saturated rings. The fraction of sp³-hybridized carbons (Fsp3) is 1.00. The Morgan fingerprint density at radius 3 is 2.50 bits per heavy atom. The molecule has 0 amide bonds. The minimum absolute atomic E-state index is 0.0492. The van der Waals surface area contributed by atoms with Gasteiger partial charge in [0.2, 0.25) is 0 Å². The summed E-state index contributed by atoms with van der Waals surface area (Å²) in [5.41, 5.74) is -0.630. The third-order valence-corrected chi connectivity index (χ3v) is 4.67. The second-order valence-corrected chi connectivity index (χ2v) is 5.39. The van der Waals surface area contributed by atoms with E-state index in [-0.39, 0.29) is 6.10 Å². The van der Waals surface area contributed by atoms with Crippen molar-refractivity contribution in [3.63, 3.8) is 0 Å². The Labute approximate surface area is 86.6 Å². The van der Waals surface area contributed by atoms with Gasteiger partial charge in [0.25, 0.3) is 0 Å². The first-order valence-electron chi connectivity index (χ1n) is 5.81. The predicted octanol–water partition coefficient (Wildman–Crippen LogP) is 2.21. The molecule has 0 radical (unpaired) electrons. The Hall–Kier alpha value is -0.0800. The van der Waals surface area contributed by atoms with Gasteiger partial charge in [-0.3, -0.25) is 0 Å². The highest BCUT2D eigenvalue weighted by Crippen LogP contribution is 2.52. The Morgan fingerprint density at radius 1 is 1.36 bits per heavy atom. The molecule has 0 aromatic heterocycles. The van der Waals surface area contributed by atoms with E-state index in [1.54, 1.807) is 7.11 Å². The van der Waals surface area contributed by atoms with Crippen LogP contribution >= 0.6 is 0 Å². The number of methoxy groups -OCH3 is 1. The normalized spacial score (nSPS) is 42.4. The molecule has 0 spiro atoms. The van der Waals surface area contributed by atoms with Crippen molar-refractivity contribution in [2.45, 2.75) is 51.2 Å². The zero-order chi connectivity index (χ0) is 10.3. The molecule has 14 heavy (non-hydrogen) atoms. The van der Waals surface area contributed by atoms with Gasteiger partial charge >= 0.3 is 0 Å². The van der Waals surface area contributed by atoms with Crippen molar-refractivity contribution in [2.75, 3.05) is 7.11 Å². The van der Waals surface area contributed by atoms with Gasteiger partial charge in [0.05, 0.1) is 11.7 Å². The summed E-state index contributed by atoms with van der Waals surface area (Å²) in [5.74, 6) is 2.12. The Balaban J connectivity index is 2.07. The highest BCUT2D eigenvalue weighted by molar-refractivity contribution is 5.00. The molecule has 2 heteroatoms. The molecule has 5 atom stereocenters. The number of hydrogen-bond donors (Lipinski definition) is 1. The standard InChI is InChI=1S/C12H22O2/c1-8(14-3)12(2,13)11-7-9-4-5-10(11)6-9/h8-11,13H,4-7H2,1-3H3. The molecule has 1 N–H and O–H groups in total. The van der Waals surface area contributed by atoms with E-state index in [1.165, 1.54) is 25.7 Å². The maximum absolute atomic E-state index is 10.5. The van der Waals surface area contributed by atoms with Crippen LogP contribution in [0.25, 0.3) is 0 Å². The smallest absolute Gasteiger partial charge is 0.0908 e. The van der Waals surface area contributed by atoms with E-state index in [0.717, 1.165) is 11.8 Å². The second-order valence-electron chi connectivity index (χ2n) is 5.39. The third-order valence-electron chi connectivity index (χ3n) is 4.67. The molecule has 2 bridgehead atoms. The number of hydrogen-bond acceptors (Lipinski definition) is 2. The molecule has 0 aromatic rings. The topological polar surface area (TPSA) is 29.5 Å². The van der Waals surface area contributed by atoms with E-state index < -0.39 is 5.60 Å². The van der Waals surface area contributed by atoms with Gasteiger partial charge in [0.15, 0.2) is 0 Å². The zero-order valence-corrected chi connectivity index (χ0v) is 9.49. The molecular formula is C12H22O2. The van der Waals surface area contributed by atoms with Crippen LogP contribution in [0.15, 0.2) is 0 Å². The lowest BCUT2D eigenvalue weighted by atomic mass is 9.75. The van der Waals surface area contributed by atoms with E-state index in [4.69, 9.17) is 4.74 Å². The SMILES string of the molecule is COC(C)C(C)(O)C1CC2CCC1C2. The zero-order valence-electron chi connectivity index (χ0n) is 9.49. The third kappa shape index (κ3) is 1.49. The summed E-state index contributed by atoms with van der Waals surface area (Å²) in [6, 6.07) is 0. The van der Waals surface area contributed by atoms with Crippen molar-refractivity contribution in [3.05, 3.63) is 0 Å². The average molecular weight is 198 g/mol. The maximum atomic E-state index is 10.5. The van der Waals surface area contributed by atoms with Crippen molar-refractivity contribution in [1.82, 2.24) is 0 Å². The second kappa shape index (κ2) is 3.49. The lowest BCUT2D eigenvalue weighted by Gasteiger charge is -2.39. The van der Waals surface area contributed by atoms with Gasteiger partial charge in [0.1, 0.15) is 0 Å². The lowest BCUT2D eigenvalue weighted by Crippen LogP contribution is -2.47. The summed E-state index contributed by atoms with van der Waals surface area (Å²) in [6.07, 6.45) is 5.22. The van der Waals surface area contributed by atoms with Gasteiger partial charge in [-0.2, -0.15) is 0 Å². The Kier molecular flexibility index (Phi) is 2.61. The van der Waals surface area contributed by atoms with Crippen LogP contribution in [0.2, 0.25) is 0 Å². The van der Waals surface area contributed by atoms with Crippen LogP contribution in [0.1, 0.15) is 39.5 Å². The first-order valence-corrected chi connectivity index (χ1v) is 5.81. The number of fused-ring (bicyclic) bond motifs is 2. The van der Waals surface area contributed by atoms with Crippen molar-refractivity contribution in [3.8, 4) is 0 Å². The van der Waals surface area contributed by atoms with Gasteiger partial charge in [-0.05, 0) is 50.9 Å². The van der Waals surface area contributed by atoms with Crippen LogP contribution in [-0.4, -0.2) is 23.9 Å². The highest BCUT2D eigenvalue weighted by Gasteiger charge is 2.49. The summed E-state index contributed by atoms with van der Waals surface area (Å²) >= 11 is 0. The Bertz CT molecular complexity index is 212. The summed E-state index contributed by atoms with van der Waals surface area (Å²) in [6.45, 7) is 3.93. The average Bonchev–Trinajstić information content (AvgIpc) is 2.77. The minimum Gasteiger partial charge on any atom is -0.387 e. The summed E-state index contributed by atoms with van der Waals surface area (Å²) in [5, 5.41) is 10.5. The van der Waals surface area contributed by atoms with Gasteiger partial charge in [0, 0.05) is 7.11 Å². The van der Waals surface area contributed by atoms with Crippen molar-refractivity contribution >= 4 is 0 Å². The lowest BCUT2D eigenvalue weighted by molar-refractivity contribution is -0.120. The molecule has 2 rings (SSSR count). The quantitative estimate of drug-likeness (QED) is 0.753. The molecule has 0 aliphatic heterocycles. The first kappa shape index (κ1) is 10.4. The molecule has 0 saturated heterocycles.